The van der Waals surface area contributed by atoms with Crippen LogP contribution in [0, 0.1) is 5.82 Å². The Bertz CT molecular complexity index is 581. The quantitative estimate of drug-likeness (QED) is 0.765. The van der Waals surface area contributed by atoms with E-state index in [-0.39, 0.29) is 11.6 Å². The van der Waals surface area contributed by atoms with E-state index >= 15 is 0 Å². The Kier molecular flexibility index (Phi) is 3.95. The molecule has 3 heteroatoms. The van der Waals surface area contributed by atoms with Gasteiger partial charge in [-0.05, 0) is 38.1 Å². The molecule has 0 fully saturated rings. The molecule has 0 aromatic heterocycles. The van der Waals surface area contributed by atoms with Gasteiger partial charge in [0.15, 0.2) is 5.78 Å². The standard InChI is InChI=1S/C16H16FNO/c1-3-18(13-8-5-4-6-9-13)16-14(12(2)19)10-7-11-15(16)17/h4-11H,3H2,1-2H3. The molecule has 2 nitrogen and oxygen atoms in total. The van der Waals surface area contributed by atoms with Crippen LogP contribution in [0.4, 0.5) is 15.8 Å². The van der Waals surface area contributed by atoms with E-state index in [1.165, 1.54) is 13.0 Å². The monoisotopic (exact) mass is 257 g/mol. The largest absolute Gasteiger partial charge is 0.339 e. The first-order valence-corrected chi connectivity index (χ1v) is 6.27. The molecule has 0 aliphatic rings. The molecule has 0 heterocycles. The Morgan fingerprint density at radius 2 is 1.79 bits per heavy atom. The number of ketones is 1. The van der Waals surface area contributed by atoms with Gasteiger partial charge < -0.3 is 4.90 Å². The molecule has 19 heavy (non-hydrogen) atoms. The van der Waals surface area contributed by atoms with Gasteiger partial charge in [0, 0.05) is 17.8 Å². The van der Waals surface area contributed by atoms with Crippen LogP contribution in [0.25, 0.3) is 0 Å². The lowest BCUT2D eigenvalue weighted by molar-refractivity contribution is 0.101. The number of anilines is 2. The molecule has 0 saturated carbocycles. The third kappa shape index (κ3) is 2.65. The van der Waals surface area contributed by atoms with Crippen molar-refractivity contribution in [1.82, 2.24) is 0 Å². The fourth-order valence-electron chi connectivity index (χ4n) is 2.15. The van der Waals surface area contributed by atoms with E-state index in [0.29, 0.717) is 17.8 Å². The van der Waals surface area contributed by atoms with Crippen molar-refractivity contribution in [1.29, 1.82) is 0 Å². The van der Waals surface area contributed by atoms with Crippen LogP contribution in [0.2, 0.25) is 0 Å². The predicted octanol–water partition coefficient (Wildman–Crippen LogP) is 4.19. The Morgan fingerprint density at radius 1 is 1.11 bits per heavy atom. The van der Waals surface area contributed by atoms with Gasteiger partial charge in [0.05, 0.1) is 5.69 Å². The topological polar surface area (TPSA) is 20.3 Å². The number of para-hydroxylation sites is 2. The molecular formula is C16H16FNO. The SMILES string of the molecule is CCN(c1ccccc1)c1c(F)cccc1C(C)=O. The molecular weight excluding hydrogens is 241 g/mol. The minimum absolute atomic E-state index is 0.135. The Morgan fingerprint density at radius 3 is 2.37 bits per heavy atom. The highest BCUT2D eigenvalue weighted by Gasteiger charge is 2.18. The van der Waals surface area contributed by atoms with E-state index < -0.39 is 0 Å². The molecule has 0 N–H and O–H groups in total. The first-order valence-electron chi connectivity index (χ1n) is 6.27. The number of hydrogen-bond acceptors (Lipinski definition) is 2. The van der Waals surface area contributed by atoms with E-state index in [2.05, 4.69) is 0 Å². The summed E-state index contributed by atoms with van der Waals surface area (Å²) in [6.45, 7) is 3.98. The smallest absolute Gasteiger partial charge is 0.162 e. The van der Waals surface area contributed by atoms with Crippen molar-refractivity contribution in [2.75, 3.05) is 11.4 Å². The van der Waals surface area contributed by atoms with Gasteiger partial charge in [-0.15, -0.1) is 0 Å². The summed E-state index contributed by atoms with van der Waals surface area (Å²) in [7, 11) is 0. The summed E-state index contributed by atoms with van der Waals surface area (Å²) in [5.41, 5.74) is 1.63. The lowest BCUT2D eigenvalue weighted by Crippen LogP contribution is -2.20. The minimum atomic E-state index is -0.376. The molecule has 0 bridgehead atoms. The summed E-state index contributed by atoms with van der Waals surface area (Å²) in [6, 6.07) is 14.1. The highest BCUT2D eigenvalue weighted by molar-refractivity contribution is 6.00. The van der Waals surface area contributed by atoms with Crippen LogP contribution in [-0.2, 0) is 0 Å². The second-order valence-corrected chi connectivity index (χ2v) is 4.27. The molecule has 0 saturated heterocycles. The summed E-state index contributed by atoms with van der Waals surface area (Å²) < 4.78 is 14.1. The molecule has 0 unspecified atom stereocenters. The summed E-state index contributed by atoms with van der Waals surface area (Å²) in [5, 5.41) is 0. The lowest BCUT2D eigenvalue weighted by Gasteiger charge is -2.25. The van der Waals surface area contributed by atoms with Crippen molar-refractivity contribution in [2.45, 2.75) is 13.8 Å². The summed E-state index contributed by atoms with van der Waals surface area (Å²) >= 11 is 0. The van der Waals surface area contributed by atoms with Crippen LogP contribution in [0.3, 0.4) is 0 Å². The highest BCUT2D eigenvalue weighted by atomic mass is 19.1. The highest BCUT2D eigenvalue weighted by Crippen LogP contribution is 2.31. The predicted molar refractivity (Wildman–Crippen MR) is 75.5 cm³/mol. The summed E-state index contributed by atoms with van der Waals surface area (Å²) in [4.78, 5) is 13.5. The maximum Gasteiger partial charge on any atom is 0.162 e. The number of benzene rings is 2. The summed E-state index contributed by atoms with van der Waals surface area (Å²) in [5.74, 6) is -0.512. The Balaban J connectivity index is 2.59. The van der Waals surface area contributed by atoms with Gasteiger partial charge in [-0.3, -0.25) is 4.79 Å². The van der Waals surface area contributed by atoms with Crippen LogP contribution in [0.5, 0.6) is 0 Å². The second kappa shape index (κ2) is 5.65. The van der Waals surface area contributed by atoms with Crippen LogP contribution in [-0.4, -0.2) is 12.3 Å². The Hall–Kier alpha value is -2.16. The van der Waals surface area contributed by atoms with Crippen LogP contribution in [0.1, 0.15) is 24.2 Å². The van der Waals surface area contributed by atoms with Gasteiger partial charge in [-0.1, -0.05) is 24.3 Å². The molecule has 0 aliphatic carbocycles. The zero-order valence-electron chi connectivity index (χ0n) is 11.1. The molecule has 2 aromatic carbocycles. The van der Waals surface area contributed by atoms with Crippen molar-refractivity contribution in [3.63, 3.8) is 0 Å². The summed E-state index contributed by atoms with van der Waals surface area (Å²) in [6.07, 6.45) is 0. The third-order valence-corrected chi connectivity index (χ3v) is 3.02. The maximum absolute atomic E-state index is 14.1. The number of carbonyl (C=O) groups excluding carboxylic acids is 1. The van der Waals surface area contributed by atoms with Crippen LogP contribution >= 0.6 is 0 Å². The van der Waals surface area contributed by atoms with Crippen molar-refractivity contribution in [3.8, 4) is 0 Å². The zero-order valence-corrected chi connectivity index (χ0v) is 11.1. The first-order chi connectivity index (χ1) is 9.15. The van der Waals surface area contributed by atoms with E-state index in [1.807, 2.05) is 42.2 Å². The van der Waals surface area contributed by atoms with Crippen LogP contribution < -0.4 is 4.90 Å². The Labute approximate surface area is 112 Å². The minimum Gasteiger partial charge on any atom is -0.339 e. The molecule has 98 valence electrons. The zero-order chi connectivity index (χ0) is 13.8. The number of carbonyl (C=O) groups is 1. The lowest BCUT2D eigenvalue weighted by atomic mass is 10.1. The fraction of sp³-hybridized carbons (Fsp3) is 0.188. The number of rotatable bonds is 4. The van der Waals surface area contributed by atoms with Gasteiger partial charge in [-0.2, -0.15) is 0 Å². The number of halogens is 1. The maximum atomic E-state index is 14.1. The van der Waals surface area contributed by atoms with Crippen molar-refractivity contribution >= 4 is 17.2 Å². The van der Waals surface area contributed by atoms with Crippen molar-refractivity contribution in [2.24, 2.45) is 0 Å². The van der Waals surface area contributed by atoms with E-state index in [9.17, 15) is 9.18 Å². The van der Waals surface area contributed by atoms with E-state index in [4.69, 9.17) is 0 Å². The number of nitrogens with zero attached hydrogens (tertiary/aromatic N) is 1. The van der Waals surface area contributed by atoms with Crippen LogP contribution in [0.15, 0.2) is 48.5 Å². The van der Waals surface area contributed by atoms with Crippen molar-refractivity contribution < 1.29 is 9.18 Å². The molecule has 0 aliphatic heterocycles. The van der Waals surface area contributed by atoms with E-state index in [1.54, 1.807) is 12.1 Å². The average molecular weight is 257 g/mol. The fourth-order valence-corrected chi connectivity index (χ4v) is 2.15. The van der Waals surface area contributed by atoms with Gasteiger partial charge >= 0.3 is 0 Å². The molecule has 2 rings (SSSR count). The van der Waals surface area contributed by atoms with Crippen molar-refractivity contribution in [3.05, 3.63) is 59.9 Å². The van der Waals surface area contributed by atoms with Gasteiger partial charge in [-0.25, -0.2) is 4.39 Å². The first kappa shape index (κ1) is 13.3. The molecule has 0 amide bonds. The van der Waals surface area contributed by atoms with E-state index in [0.717, 1.165) is 5.69 Å². The third-order valence-electron chi connectivity index (χ3n) is 3.02. The van der Waals surface area contributed by atoms with Gasteiger partial charge in [0.25, 0.3) is 0 Å². The molecule has 0 radical (unpaired) electrons. The van der Waals surface area contributed by atoms with Gasteiger partial charge in [0.2, 0.25) is 0 Å². The second-order valence-electron chi connectivity index (χ2n) is 4.27. The number of hydrogen-bond donors (Lipinski definition) is 0. The number of Topliss-reactive ketones (excluding diaryl/α,β-unsaturated/α-hetero) is 1. The molecule has 0 spiro atoms. The van der Waals surface area contributed by atoms with Gasteiger partial charge in [0.1, 0.15) is 5.82 Å². The average Bonchev–Trinajstić information content (AvgIpc) is 2.42. The normalized spacial score (nSPS) is 10.3. The molecule has 0 atom stereocenters. The molecule has 2 aromatic rings.